The average Bonchev–Trinajstić information content (AvgIpc) is 2.33. The number of nitrogens with two attached hydrogens (primary N) is 1. The lowest BCUT2D eigenvalue weighted by Crippen LogP contribution is -2.41. The van der Waals surface area contributed by atoms with Gasteiger partial charge in [-0.05, 0) is 18.2 Å². The van der Waals surface area contributed by atoms with Crippen LogP contribution in [0, 0.1) is 0 Å². The third-order valence-corrected chi connectivity index (χ3v) is 1.77. The molecular weight excluding hydrogens is 164 g/mol. The van der Waals surface area contributed by atoms with Crippen LogP contribution in [0.4, 0.5) is 11.4 Å². The minimum atomic E-state index is 0.671. The molecule has 0 amide bonds. The summed E-state index contributed by atoms with van der Waals surface area (Å²) < 4.78 is 0. The SMILES string of the molecule is NN1NNc2ccc(Cl)cc21. The number of nitrogens with one attached hydrogen (secondary N) is 2. The summed E-state index contributed by atoms with van der Waals surface area (Å²) in [5.41, 5.74) is 7.36. The van der Waals surface area contributed by atoms with Gasteiger partial charge in [-0.2, -0.15) is 0 Å². The molecule has 0 radical (unpaired) electrons. The van der Waals surface area contributed by atoms with Gasteiger partial charge in [-0.25, -0.2) is 11.0 Å². The smallest absolute Gasteiger partial charge is 0.0978 e. The van der Waals surface area contributed by atoms with Crippen molar-refractivity contribution in [3.05, 3.63) is 23.2 Å². The van der Waals surface area contributed by atoms with Crippen molar-refractivity contribution in [2.75, 3.05) is 10.5 Å². The van der Waals surface area contributed by atoms with E-state index >= 15 is 0 Å². The molecule has 11 heavy (non-hydrogen) atoms. The maximum Gasteiger partial charge on any atom is 0.0978 e. The number of fused-ring (bicyclic) bond motifs is 1. The maximum atomic E-state index is 5.75. The predicted octanol–water partition coefficient (Wildman–Crippen LogP) is 0.865. The molecule has 1 aromatic carbocycles. The molecule has 0 fully saturated rings. The van der Waals surface area contributed by atoms with E-state index in [9.17, 15) is 0 Å². The zero-order valence-corrected chi connectivity index (χ0v) is 6.39. The highest BCUT2D eigenvalue weighted by Gasteiger charge is 2.14. The van der Waals surface area contributed by atoms with Gasteiger partial charge in [0.2, 0.25) is 0 Å². The Morgan fingerprint density at radius 1 is 1.45 bits per heavy atom. The summed E-state index contributed by atoms with van der Waals surface area (Å²) in [4.78, 5) is 0. The number of hydrogen-bond acceptors (Lipinski definition) is 4. The Balaban J connectivity index is 2.52. The first kappa shape index (κ1) is 6.72. The Morgan fingerprint density at radius 3 is 3.09 bits per heavy atom. The summed E-state index contributed by atoms with van der Waals surface area (Å²) in [6, 6.07) is 5.44. The van der Waals surface area contributed by atoms with Crippen LogP contribution < -0.4 is 21.9 Å². The molecule has 0 aromatic heterocycles. The molecule has 1 aromatic rings. The van der Waals surface area contributed by atoms with Crippen molar-refractivity contribution in [1.29, 1.82) is 0 Å². The number of anilines is 2. The van der Waals surface area contributed by atoms with Gasteiger partial charge in [0.1, 0.15) is 0 Å². The Morgan fingerprint density at radius 2 is 2.27 bits per heavy atom. The standard InChI is InChI=1S/C6H7ClN4/c7-4-1-2-5-6(3-4)11(8)10-9-5/h1-3,9-10H,8H2. The Kier molecular flexibility index (Phi) is 1.38. The van der Waals surface area contributed by atoms with Crippen molar-refractivity contribution in [1.82, 2.24) is 5.53 Å². The van der Waals surface area contributed by atoms with E-state index in [1.165, 1.54) is 5.12 Å². The monoisotopic (exact) mass is 170 g/mol. The van der Waals surface area contributed by atoms with Crippen LogP contribution in [-0.2, 0) is 0 Å². The van der Waals surface area contributed by atoms with Crippen LogP contribution in [0.5, 0.6) is 0 Å². The lowest BCUT2D eigenvalue weighted by molar-refractivity contribution is 0.764. The normalized spacial score (nSPS) is 14.5. The van der Waals surface area contributed by atoms with Gasteiger partial charge in [-0.3, -0.25) is 0 Å². The van der Waals surface area contributed by atoms with E-state index in [1.807, 2.05) is 6.07 Å². The third-order valence-electron chi connectivity index (χ3n) is 1.53. The van der Waals surface area contributed by atoms with Crippen molar-refractivity contribution >= 4 is 23.0 Å². The minimum absolute atomic E-state index is 0.671. The van der Waals surface area contributed by atoms with Crippen LogP contribution in [-0.4, -0.2) is 0 Å². The van der Waals surface area contributed by atoms with Gasteiger partial charge >= 0.3 is 0 Å². The quantitative estimate of drug-likeness (QED) is 0.506. The second kappa shape index (κ2) is 2.27. The van der Waals surface area contributed by atoms with E-state index in [0.717, 1.165) is 11.4 Å². The number of rotatable bonds is 0. The molecule has 58 valence electrons. The highest BCUT2D eigenvalue weighted by molar-refractivity contribution is 6.31. The van der Waals surface area contributed by atoms with Crippen LogP contribution in [0.25, 0.3) is 0 Å². The van der Waals surface area contributed by atoms with Gasteiger partial charge in [0, 0.05) is 5.02 Å². The molecule has 0 unspecified atom stereocenters. The summed E-state index contributed by atoms with van der Waals surface area (Å²) in [7, 11) is 0. The van der Waals surface area contributed by atoms with Crippen molar-refractivity contribution in [3.8, 4) is 0 Å². The molecule has 4 N–H and O–H groups in total. The third kappa shape index (κ3) is 1.01. The van der Waals surface area contributed by atoms with Gasteiger partial charge in [0.15, 0.2) is 0 Å². The molecular formula is C6H7ClN4. The molecule has 0 aliphatic carbocycles. The van der Waals surface area contributed by atoms with E-state index in [1.54, 1.807) is 12.1 Å². The fraction of sp³-hybridized carbons (Fsp3) is 0. The van der Waals surface area contributed by atoms with Crippen LogP contribution in [0.1, 0.15) is 0 Å². The number of hydrogen-bond donors (Lipinski definition) is 3. The lowest BCUT2D eigenvalue weighted by Gasteiger charge is -2.08. The fourth-order valence-electron chi connectivity index (χ4n) is 0.990. The Labute approximate surface area is 68.8 Å². The number of hydrazine groups is 3. The van der Waals surface area contributed by atoms with E-state index in [-0.39, 0.29) is 0 Å². The van der Waals surface area contributed by atoms with Crippen LogP contribution >= 0.6 is 11.6 Å². The summed E-state index contributed by atoms with van der Waals surface area (Å²) in [6.45, 7) is 0. The predicted molar refractivity (Wildman–Crippen MR) is 44.9 cm³/mol. The lowest BCUT2D eigenvalue weighted by atomic mass is 10.3. The Bertz CT molecular complexity index is 288. The van der Waals surface area contributed by atoms with Crippen LogP contribution in [0.15, 0.2) is 18.2 Å². The average molecular weight is 171 g/mol. The topological polar surface area (TPSA) is 53.3 Å². The summed E-state index contributed by atoms with van der Waals surface area (Å²) in [5.74, 6) is 5.52. The van der Waals surface area contributed by atoms with Crippen molar-refractivity contribution < 1.29 is 0 Å². The van der Waals surface area contributed by atoms with Gasteiger partial charge in [0.25, 0.3) is 0 Å². The fourth-order valence-corrected chi connectivity index (χ4v) is 1.16. The molecule has 4 nitrogen and oxygen atoms in total. The van der Waals surface area contributed by atoms with Crippen LogP contribution in [0.2, 0.25) is 5.02 Å². The second-order valence-electron chi connectivity index (χ2n) is 2.27. The Hall–Kier alpha value is -0.970. The molecule has 0 saturated heterocycles. The molecule has 0 saturated carbocycles. The summed E-state index contributed by atoms with van der Waals surface area (Å²) >= 11 is 5.75. The number of halogens is 1. The van der Waals surface area contributed by atoms with Crippen molar-refractivity contribution in [2.24, 2.45) is 5.84 Å². The highest BCUT2D eigenvalue weighted by Crippen LogP contribution is 2.29. The number of benzene rings is 1. The largest absolute Gasteiger partial charge is 0.300 e. The van der Waals surface area contributed by atoms with Crippen LogP contribution in [0.3, 0.4) is 0 Å². The van der Waals surface area contributed by atoms with Gasteiger partial charge < -0.3 is 5.43 Å². The van der Waals surface area contributed by atoms with E-state index in [2.05, 4.69) is 11.0 Å². The van der Waals surface area contributed by atoms with Crippen molar-refractivity contribution in [2.45, 2.75) is 0 Å². The first-order chi connectivity index (χ1) is 5.27. The molecule has 2 rings (SSSR count). The molecule has 0 atom stereocenters. The molecule has 5 heteroatoms. The van der Waals surface area contributed by atoms with E-state index in [4.69, 9.17) is 17.4 Å². The minimum Gasteiger partial charge on any atom is -0.300 e. The molecule has 0 bridgehead atoms. The molecule has 1 aliphatic rings. The van der Waals surface area contributed by atoms with Crippen molar-refractivity contribution in [3.63, 3.8) is 0 Å². The van der Waals surface area contributed by atoms with E-state index in [0.29, 0.717) is 5.02 Å². The van der Waals surface area contributed by atoms with Gasteiger partial charge in [-0.15, -0.1) is 5.53 Å². The first-order valence-corrected chi connectivity index (χ1v) is 3.51. The molecule has 1 heterocycles. The highest BCUT2D eigenvalue weighted by atomic mass is 35.5. The zero-order valence-electron chi connectivity index (χ0n) is 5.63. The van der Waals surface area contributed by atoms with Gasteiger partial charge in [0.05, 0.1) is 11.4 Å². The number of nitrogens with zero attached hydrogens (tertiary/aromatic N) is 1. The molecule has 0 spiro atoms. The summed E-state index contributed by atoms with van der Waals surface area (Å²) in [5, 5.41) is 2.05. The molecule has 1 aliphatic heterocycles. The maximum absolute atomic E-state index is 5.75. The van der Waals surface area contributed by atoms with Gasteiger partial charge in [-0.1, -0.05) is 11.6 Å². The van der Waals surface area contributed by atoms with E-state index < -0.39 is 0 Å². The summed E-state index contributed by atoms with van der Waals surface area (Å²) in [6.07, 6.45) is 0. The second-order valence-corrected chi connectivity index (χ2v) is 2.70. The zero-order chi connectivity index (χ0) is 7.84. The first-order valence-electron chi connectivity index (χ1n) is 3.13.